The molecule has 0 amide bonds. The molecule has 0 saturated heterocycles. The fourth-order valence-corrected chi connectivity index (χ4v) is 1.56. The molecule has 1 unspecified atom stereocenters. The minimum atomic E-state index is 0.607. The molecular formula is C9H17BrClN. The Bertz CT molecular complexity index is 136. The summed E-state index contributed by atoms with van der Waals surface area (Å²) < 4.78 is 0. The van der Waals surface area contributed by atoms with Crippen molar-refractivity contribution in [3.63, 3.8) is 0 Å². The van der Waals surface area contributed by atoms with Gasteiger partial charge in [-0.2, -0.15) is 0 Å². The third kappa shape index (κ3) is 6.04. The van der Waals surface area contributed by atoms with Crippen LogP contribution in [0.25, 0.3) is 0 Å². The normalized spacial score (nSPS) is 14.8. The average Bonchev–Trinajstić information content (AvgIpc) is 2.11. The summed E-state index contributed by atoms with van der Waals surface area (Å²) in [5, 5.41) is 4.50. The number of nitrogens with one attached hydrogen (secondary N) is 1. The van der Waals surface area contributed by atoms with Gasteiger partial charge in [0.25, 0.3) is 0 Å². The van der Waals surface area contributed by atoms with Crippen molar-refractivity contribution in [2.24, 2.45) is 0 Å². The lowest BCUT2D eigenvalue weighted by Crippen LogP contribution is -2.30. The Balaban J connectivity index is 3.57. The molecule has 0 fully saturated rings. The zero-order valence-corrected chi connectivity index (χ0v) is 10.1. The zero-order valence-electron chi connectivity index (χ0n) is 7.74. The Kier molecular flexibility index (Phi) is 8.40. The minimum Gasteiger partial charge on any atom is -0.310 e. The van der Waals surface area contributed by atoms with Crippen molar-refractivity contribution in [1.82, 2.24) is 5.32 Å². The minimum absolute atomic E-state index is 0.607. The summed E-state index contributed by atoms with van der Waals surface area (Å²) in [6.07, 6.45) is 2.34. The summed E-state index contributed by atoms with van der Waals surface area (Å²) in [6.45, 7) is 5.12. The lowest BCUT2D eigenvalue weighted by molar-refractivity contribution is 0.509. The van der Waals surface area contributed by atoms with Crippen molar-refractivity contribution < 1.29 is 0 Å². The standard InChI is InChI=1S/C9H17BrClN/c1-3-9(4-5-10)12-7-8(2)6-11/h6,9,12H,3-5,7H2,1-2H3. The van der Waals surface area contributed by atoms with Gasteiger partial charge in [-0.15, -0.1) is 0 Å². The molecule has 12 heavy (non-hydrogen) atoms. The van der Waals surface area contributed by atoms with Crippen LogP contribution in [-0.4, -0.2) is 17.9 Å². The molecule has 1 N–H and O–H groups in total. The van der Waals surface area contributed by atoms with Gasteiger partial charge in [0.2, 0.25) is 0 Å². The first-order valence-electron chi connectivity index (χ1n) is 4.29. The van der Waals surface area contributed by atoms with E-state index in [4.69, 9.17) is 11.6 Å². The Morgan fingerprint density at radius 1 is 1.67 bits per heavy atom. The quantitative estimate of drug-likeness (QED) is 0.717. The molecule has 0 aromatic carbocycles. The van der Waals surface area contributed by atoms with E-state index in [9.17, 15) is 0 Å². The Hall–Kier alpha value is 0.470. The van der Waals surface area contributed by atoms with Crippen molar-refractivity contribution in [2.75, 3.05) is 11.9 Å². The molecule has 0 aliphatic carbocycles. The number of halogens is 2. The number of hydrogen-bond acceptors (Lipinski definition) is 1. The number of hydrogen-bond donors (Lipinski definition) is 1. The van der Waals surface area contributed by atoms with E-state index in [0.29, 0.717) is 6.04 Å². The summed E-state index contributed by atoms with van der Waals surface area (Å²) in [6, 6.07) is 0.607. The summed E-state index contributed by atoms with van der Waals surface area (Å²) in [5.74, 6) is 0. The smallest absolute Gasteiger partial charge is 0.0176 e. The Morgan fingerprint density at radius 2 is 2.33 bits per heavy atom. The average molecular weight is 255 g/mol. The van der Waals surface area contributed by atoms with Crippen LogP contribution in [0.15, 0.2) is 11.1 Å². The van der Waals surface area contributed by atoms with Gasteiger partial charge in [0.1, 0.15) is 0 Å². The molecule has 0 saturated carbocycles. The summed E-state index contributed by atoms with van der Waals surface area (Å²) >= 11 is 8.98. The third-order valence-corrected chi connectivity index (χ3v) is 2.64. The molecule has 0 aromatic heterocycles. The first-order chi connectivity index (χ1) is 5.74. The molecule has 0 aliphatic rings. The first kappa shape index (κ1) is 12.5. The summed E-state index contributed by atoms with van der Waals surface area (Å²) in [5.41, 5.74) is 2.82. The molecule has 0 spiro atoms. The highest BCUT2D eigenvalue weighted by Gasteiger charge is 2.03. The fraction of sp³-hybridized carbons (Fsp3) is 0.778. The van der Waals surface area contributed by atoms with Gasteiger partial charge in [-0.05, 0) is 25.3 Å². The molecule has 0 aromatic rings. The fourth-order valence-electron chi connectivity index (χ4n) is 0.926. The Labute approximate surface area is 88.7 Å². The van der Waals surface area contributed by atoms with Crippen LogP contribution in [0, 0.1) is 0 Å². The molecule has 0 aliphatic heterocycles. The number of rotatable bonds is 6. The molecule has 0 bridgehead atoms. The van der Waals surface area contributed by atoms with E-state index >= 15 is 0 Å². The highest BCUT2D eigenvalue weighted by atomic mass is 79.9. The van der Waals surface area contributed by atoms with E-state index in [0.717, 1.165) is 11.9 Å². The van der Waals surface area contributed by atoms with E-state index in [-0.39, 0.29) is 0 Å². The maximum Gasteiger partial charge on any atom is 0.0176 e. The van der Waals surface area contributed by atoms with Crippen molar-refractivity contribution in [1.29, 1.82) is 0 Å². The van der Waals surface area contributed by atoms with Gasteiger partial charge in [0.05, 0.1) is 0 Å². The second-order valence-corrected chi connectivity index (χ2v) is 3.93. The van der Waals surface area contributed by atoms with Crippen molar-refractivity contribution >= 4 is 27.5 Å². The van der Waals surface area contributed by atoms with Crippen LogP contribution in [0.2, 0.25) is 0 Å². The van der Waals surface area contributed by atoms with Crippen LogP contribution in [0.1, 0.15) is 26.7 Å². The van der Waals surface area contributed by atoms with Crippen LogP contribution in [0.4, 0.5) is 0 Å². The molecule has 0 radical (unpaired) electrons. The van der Waals surface area contributed by atoms with Crippen LogP contribution >= 0.6 is 27.5 Å². The van der Waals surface area contributed by atoms with E-state index in [1.54, 1.807) is 5.54 Å². The second kappa shape index (κ2) is 8.09. The van der Waals surface area contributed by atoms with Gasteiger partial charge >= 0.3 is 0 Å². The lowest BCUT2D eigenvalue weighted by atomic mass is 10.1. The molecular weight excluding hydrogens is 237 g/mol. The van der Waals surface area contributed by atoms with Crippen LogP contribution in [0.5, 0.6) is 0 Å². The van der Waals surface area contributed by atoms with Crippen LogP contribution in [0.3, 0.4) is 0 Å². The number of alkyl halides is 1. The van der Waals surface area contributed by atoms with Crippen LogP contribution < -0.4 is 5.32 Å². The third-order valence-electron chi connectivity index (χ3n) is 1.81. The monoisotopic (exact) mass is 253 g/mol. The molecule has 0 heterocycles. The first-order valence-corrected chi connectivity index (χ1v) is 5.85. The van der Waals surface area contributed by atoms with Gasteiger partial charge in [-0.3, -0.25) is 0 Å². The maximum absolute atomic E-state index is 5.54. The highest BCUT2D eigenvalue weighted by Crippen LogP contribution is 2.02. The second-order valence-electron chi connectivity index (χ2n) is 2.92. The van der Waals surface area contributed by atoms with E-state index in [1.807, 2.05) is 6.92 Å². The SMILES string of the molecule is CCC(CCBr)NCC(C)=CCl. The van der Waals surface area contributed by atoms with E-state index < -0.39 is 0 Å². The molecule has 1 atom stereocenters. The van der Waals surface area contributed by atoms with E-state index in [2.05, 4.69) is 28.2 Å². The zero-order chi connectivity index (χ0) is 9.40. The van der Waals surface area contributed by atoms with Gasteiger partial charge < -0.3 is 5.32 Å². The topological polar surface area (TPSA) is 12.0 Å². The van der Waals surface area contributed by atoms with Gasteiger partial charge in [-0.1, -0.05) is 34.5 Å². The predicted octanol–water partition coefficient (Wildman–Crippen LogP) is 3.28. The highest BCUT2D eigenvalue weighted by molar-refractivity contribution is 9.09. The van der Waals surface area contributed by atoms with Gasteiger partial charge in [-0.25, -0.2) is 0 Å². The van der Waals surface area contributed by atoms with E-state index in [1.165, 1.54) is 18.4 Å². The van der Waals surface area contributed by atoms with Crippen molar-refractivity contribution in [3.05, 3.63) is 11.1 Å². The maximum atomic E-state index is 5.54. The van der Waals surface area contributed by atoms with Gasteiger partial charge in [0, 0.05) is 23.5 Å². The van der Waals surface area contributed by atoms with Gasteiger partial charge in [0.15, 0.2) is 0 Å². The van der Waals surface area contributed by atoms with Crippen molar-refractivity contribution in [3.8, 4) is 0 Å². The molecule has 1 nitrogen and oxygen atoms in total. The molecule has 0 rings (SSSR count). The van der Waals surface area contributed by atoms with Crippen molar-refractivity contribution in [2.45, 2.75) is 32.7 Å². The molecule has 72 valence electrons. The largest absolute Gasteiger partial charge is 0.310 e. The lowest BCUT2D eigenvalue weighted by Gasteiger charge is -2.15. The summed E-state index contributed by atoms with van der Waals surface area (Å²) in [7, 11) is 0. The van der Waals surface area contributed by atoms with Crippen LogP contribution in [-0.2, 0) is 0 Å². The summed E-state index contributed by atoms with van der Waals surface area (Å²) in [4.78, 5) is 0. The predicted molar refractivity (Wildman–Crippen MR) is 60.1 cm³/mol. The Morgan fingerprint density at radius 3 is 2.75 bits per heavy atom. The molecule has 3 heteroatoms.